The fourth-order valence-corrected chi connectivity index (χ4v) is 1.80. The Bertz CT molecular complexity index is 566. The number of carbonyl (C=O) groups is 1. The first-order valence-electron chi connectivity index (χ1n) is 4.86. The largest absolute Gasteiger partial charge is 0.392 e. The number of amides is 1. The molecule has 0 radical (unpaired) electrons. The predicted molar refractivity (Wildman–Crippen MR) is 63.0 cm³/mol. The van der Waals surface area contributed by atoms with Crippen LogP contribution < -0.4 is 5.73 Å². The van der Waals surface area contributed by atoms with Crippen LogP contribution in [-0.4, -0.2) is 20.8 Å². The summed E-state index contributed by atoms with van der Waals surface area (Å²) in [6.07, 6.45) is 2.83. The zero-order valence-corrected chi connectivity index (χ0v) is 9.55. The van der Waals surface area contributed by atoms with Crippen LogP contribution in [0.25, 0.3) is 5.69 Å². The zero-order valence-electron chi connectivity index (χ0n) is 8.80. The van der Waals surface area contributed by atoms with Gasteiger partial charge in [0.1, 0.15) is 0 Å². The van der Waals surface area contributed by atoms with E-state index in [-0.39, 0.29) is 12.2 Å². The first-order chi connectivity index (χ1) is 8.13. The van der Waals surface area contributed by atoms with E-state index in [1.165, 1.54) is 17.1 Å². The van der Waals surface area contributed by atoms with Gasteiger partial charge in [-0.3, -0.25) is 4.79 Å². The number of hydrogen-bond donors (Lipinski definition) is 2. The summed E-state index contributed by atoms with van der Waals surface area (Å²) >= 11 is 6.04. The third-order valence-corrected chi connectivity index (χ3v) is 2.64. The molecule has 5 nitrogen and oxygen atoms in total. The summed E-state index contributed by atoms with van der Waals surface area (Å²) in [7, 11) is 0. The van der Waals surface area contributed by atoms with Gasteiger partial charge in [-0.2, -0.15) is 5.10 Å². The van der Waals surface area contributed by atoms with Crippen LogP contribution in [0.15, 0.2) is 30.6 Å². The van der Waals surface area contributed by atoms with E-state index < -0.39 is 5.91 Å². The van der Waals surface area contributed by atoms with Crippen molar-refractivity contribution in [1.82, 2.24) is 9.78 Å². The SMILES string of the molecule is NC(=O)c1cnn(-c2c(Cl)cccc2CO)c1. The number of aliphatic hydroxyl groups is 1. The van der Waals surface area contributed by atoms with Gasteiger partial charge in [-0.1, -0.05) is 23.7 Å². The Morgan fingerprint density at radius 3 is 2.88 bits per heavy atom. The second-order valence-electron chi connectivity index (χ2n) is 3.44. The molecule has 2 rings (SSSR count). The van der Waals surface area contributed by atoms with Crippen molar-refractivity contribution in [2.75, 3.05) is 0 Å². The van der Waals surface area contributed by atoms with Gasteiger partial charge in [0.05, 0.1) is 29.1 Å². The van der Waals surface area contributed by atoms with E-state index >= 15 is 0 Å². The quantitative estimate of drug-likeness (QED) is 0.858. The molecule has 0 atom stereocenters. The van der Waals surface area contributed by atoms with E-state index in [0.29, 0.717) is 16.3 Å². The Morgan fingerprint density at radius 1 is 1.53 bits per heavy atom. The lowest BCUT2D eigenvalue weighted by Crippen LogP contribution is -2.09. The Labute approximate surface area is 102 Å². The van der Waals surface area contributed by atoms with Crippen molar-refractivity contribution in [3.05, 3.63) is 46.7 Å². The molecule has 88 valence electrons. The average molecular weight is 252 g/mol. The lowest BCUT2D eigenvalue weighted by atomic mass is 10.2. The first kappa shape index (κ1) is 11.6. The number of aromatic nitrogens is 2. The van der Waals surface area contributed by atoms with Crippen LogP contribution in [0.4, 0.5) is 0 Å². The van der Waals surface area contributed by atoms with Crippen LogP contribution in [0.1, 0.15) is 15.9 Å². The molecule has 0 bridgehead atoms. The summed E-state index contributed by atoms with van der Waals surface area (Å²) in [6, 6.07) is 5.14. The molecular weight excluding hydrogens is 242 g/mol. The second kappa shape index (κ2) is 4.57. The molecular formula is C11H10ClN3O2. The van der Waals surface area contributed by atoms with Gasteiger partial charge in [0.2, 0.25) is 0 Å². The molecule has 0 fully saturated rings. The highest BCUT2D eigenvalue weighted by molar-refractivity contribution is 6.32. The van der Waals surface area contributed by atoms with E-state index in [4.69, 9.17) is 17.3 Å². The molecule has 1 amide bonds. The van der Waals surface area contributed by atoms with Gasteiger partial charge in [0.15, 0.2) is 0 Å². The molecule has 0 saturated carbocycles. The number of carbonyl (C=O) groups excluding carboxylic acids is 1. The van der Waals surface area contributed by atoms with Crippen LogP contribution >= 0.6 is 11.6 Å². The number of nitrogens with two attached hydrogens (primary N) is 1. The van der Waals surface area contributed by atoms with Crippen molar-refractivity contribution in [2.24, 2.45) is 5.73 Å². The Morgan fingerprint density at radius 2 is 2.29 bits per heavy atom. The molecule has 1 heterocycles. The number of rotatable bonds is 3. The molecule has 1 aromatic carbocycles. The van der Waals surface area contributed by atoms with Gasteiger partial charge in [0, 0.05) is 11.8 Å². The number of nitrogens with zero attached hydrogens (tertiary/aromatic N) is 2. The maximum atomic E-state index is 11.0. The van der Waals surface area contributed by atoms with Crippen LogP contribution in [0, 0.1) is 0 Å². The summed E-state index contributed by atoms with van der Waals surface area (Å²) in [4.78, 5) is 11.0. The number of primary amides is 1. The molecule has 17 heavy (non-hydrogen) atoms. The van der Waals surface area contributed by atoms with Crippen LogP contribution in [0.3, 0.4) is 0 Å². The number of hydrogen-bond acceptors (Lipinski definition) is 3. The first-order valence-corrected chi connectivity index (χ1v) is 5.24. The topological polar surface area (TPSA) is 81.1 Å². The number of halogens is 1. The minimum atomic E-state index is -0.561. The summed E-state index contributed by atoms with van der Waals surface area (Å²) in [5, 5.41) is 13.7. The summed E-state index contributed by atoms with van der Waals surface area (Å²) in [5.74, 6) is -0.561. The standard InChI is InChI=1S/C11H10ClN3O2/c12-9-3-1-2-7(6-16)10(9)15-5-8(4-14-15)11(13)17/h1-5,16H,6H2,(H2,13,17). The summed E-state index contributed by atoms with van der Waals surface area (Å²) < 4.78 is 1.42. The van der Waals surface area contributed by atoms with Gasteiger partial charge < -0.3 is 10.8 Å². The monoisotopic (exact) mass is 251 g/mol. The number of benzene rings is 1. The lowest BCUT2D eigenvalue weighted by molar-refractivity contribution is 0.100. The van der Waals surface area contributed by atoms with Crippen LogP contribution in [-0.2, 0) is 6.61 Å². The van der Waals surface area contributed by atoms with Crippen molar-refractivity contribution in [3.63, 3.8) is 0 Å². The fraction of sp³-hybridized carbons (Fsp3) is 0.0909. The van der Waals surface area contributed by atoms with E-state index in [2.05, 4.69) is 5.10 Å². The van der Waals surface area contributed by atoms with Gasteiger partial charge in [-0.25, -0.2) is 4.68 Å². The molecule has 0 unspecified atom stereocenters. The summed E-state index contributed by atoms with van der Waals surface area (Å²) in [6.45, 7) is -0.165. The zero-order chi connectivity index (χ0) is 12.4. The maximum Gasteiger partial charge on any atom is 0.251 e. The Balaban J connectivity index is 2.55. The van der Waals surface area contributed by atoms with Crippen LogP contribution in [0.5, 0.6) is 0 Å². The Kier molecular flexibility index (Phi) is 3.12. The molecule has 2 aromatic rings. The smallest absolute Gasteiger partial charge is 0.251 e. The van der Waals surface area contributed by atoms with E-state index in [9.17, 15) is 9.90 Å². The molecule has 1 aromatic heterocycles. The highest BCUT2D eigenvalue weighted by atomic mass is 35.5. The average Bonchev–Trinajstić information content (AvgIpc) is 2.77. The van der Waals surface area contributed by atoms with E-state index in [1.54, 1.807) is 18.2 Å². The highest BCUT2D eigenvalue weighted by Gasteiger charge is 2.11. The normalized spacial score (nSPS) is 10.5. The van der Waals surface area contributed by atoms with Crippen molar-refractivity contribution in [1.29, 1.82) is 0 Å². The molecule has 6 heteroatoms. The predicted octanol–water partition coefficient (Wildman–Crippen LogP) is 1.12. The van der Waals surface area contributed by atoms with Gasteiger partial charge >= 0.3 is 0 Å². The molecule has 0 aliphatic carbocycles. The number of aliphatic hydroxyl groups excluding tert-OH is 1. The van der Waals surface area contributed by atoms with Crippen LogP contribution in [0.2, 0.25) is 5.02 Å². The van der Waals surface area contributed by atoms with Crippen molar-refractivity contribution >= 4 is 17.5 Å². The molecule has 0 aliphatic heterocycles. The van der Waals surface area contributed by atoms with Crippen molar-refractivity contribution in [3.8, 4) is 5.69 Å². The third kappa shape index (κ3) is 2.15. The molecule has 0 spiro atoms. The van der Waals surface area contributed by atoms with Crippen molar-refractivity contribution < 1.29 is 9.90 Å². The fourth-order valence-electron chi connectivity index (χ4n) is 1.52. The third-order valence-electron chi connectivity index (χ3n) is 2.34. The molecule has 0 aliphatic rings. The summed E-state index contributed by atoms with van der Waals surface area (Å²) in [5.41, 5.74) is 6.59. The van der Waals surface area contributed by atoms with Crippen molar-refractivity contribution in [2.45, 2.75) is 6.61 Å². The minimum Gasteiger partial charge on any atom is -0.392 e. The van der Waals surface area contributed by atoms with E-state index in [1.807, 2.05) is 0 Å². The maximum absolute atomic E-state index is 11.0. The highest BCUT2D eigenvalue weighted by Crippen LogP contribution is 2.24. The molecule has 0 saturated heterocycles. The second-order valence-corrected chi connectivity index (χ2v) is 3.85. The van der Waals surface area contributed by atoms with Gasteiger partial charge in [-0.15, -0.1) is 0 Å². The Hall–Kier alpha value is -1.85. The van der Waals surface area contributed by atoms with Gasteiger partial charge in [0.25, 0.3) is 5.91 Å². The lowest BCUT2D eigenvalue weighted by Gasteiger charge is -2.08. The van der Waals surface area contributed by atoms with E-state index in [0.717, 1.165) is 0 Å². The minimum absolute atomic E-state index is 0.165. The number of para-hydroxylation sites is 1. The molecule has 3 N–H and O–H groups in total. The van der Waals surface area contributed by atoms with Gasteiger partial charge in [-0.05, 0) is 6.07 Å².